The van der Waals surface area contributed by atoms with Crippen molar-refractivity contribution in [3.8, 4) is 0 Å². The highest BCUT2D eigenvalue weighted by atomic mass is 19.1. The molecular weight excluding hydrogens is 257 g/mol. The molecule has 1 N–H and O–H groups in total. The highest BCUT2D eigenvalue weighted by molar-refractivity contribution is 5.24. The first-order valence-corrected chi connectivity index (χ1v) is 7.12. The molecule has 4 nitrogen and oxygen atoms in total. The Balaban J connectivity index is 1.69. The number of nitrogens with zero attached hydrogens (tertiary/aromatic N) is 3. The number of hydrogen-bond acceptors (Lipinski definition) is 3. The van der Waals surface area contributed by atoms with E-state index < -0.39 is 6.10 Å². The molecule has 1 aromatic heterocycles. The van der Waals surface area contributed by atoms with Crippen LogP contribution in [0.4, 0.5) is 4.39 Å². The van der Waals surface area contributed by atoms with E-state index in [0.717, 1.165) is 31.5 Å². The fourth-order valence-electron chi connectivity index (χ4n) is 2.96. The molecule has 0 amide bonds. The van der Waals surface area contributed by atoms with Gasteiger partial charge in [0, 0.05) is 12.0 Å². The second kappa shape index (κ2) is 4.38. The fourth-order valence-corrected chi connectivity index (χ4v) is 2.96. The zero-order chi connectivity index (χ0) is 13.7. The molecule has 1 unspecified atom stereocenters. The summed E-state index contributed by atoms with van der Waals surface area (Å²) in [5.74, 6) is 1.46. The average molecular weight is 273 g/mol. The van der Waals surface area contributed by atoms with Crippen LogP contribution in [0.2, 0.25) is 0 Å². The molecule has 20 heavy (non-hydrogen) atoms. The Morgan fingerprint density at radius 1 is 1.25 bits per heavy atom. The number of benzene rings is 1. The predicted molar refractivity (Wildman–Crippen MR) is 70.6 cm³/mol. The lowest BCUT2D eigenvalue weighted by atomic mass is 10.0. The number of aryl methyl sites for hydroxylation is 1. The molecule has 5 heteroatoms. The Morgan fingerprint density at radius 3 is 2.80 bits per heavy atom. The first-order chi connectivity index (χ1) is 9.74. The first kappa shape index (κ1) is 12.0. The SMILES string of the molecule is OC(c1nc2n(n1)[C@H](c1ccccc1F)CC2)C1CC1. The average Bonchev–Trinajstić information content (AvgIpc) is 3.09. The Bertz CT molecular complexity index is 650. The quantitative estimate of drug-likeness (QED) is 0.934. The van der Waals surface area contributed by atoms with Gasteiger partial charge in [0.05, 0.1) is 6.04 Å². The molecule has 0 radical (unpaired) electrons. The number of halogens is 1. The minimum Gasteiger partial charge on any atom is -0.385 e. The summed E-state index contributed by atoms with van der Waals surface area (Å²) in [7, 11) is 0. The van der Waals surface area contributed by atoms with Gasteiger partial charge in [-0.05, 0) is 31.2 Å². The Hall–Kier alpha value is -1.75. The summed E-state index contributed by atoms with van der Waals surface area (Å²) in [6, 6.07) is 6.71. The zero-order valence-electron chi connectivity index (χ0n) is 11.0. The summed E-state index contributed by atoms with van der Waals surface area (Å²) in [4.78, 5) is 4.44. The van der Waals surface area contributed by atoms with E-state index in [1.54, 1.807) is 16.8 Å². The lowest BCUT2D eigenvalue weighted by molar-refractivity contribution is 0.143. The van der Waals surface area contributed by atoms with E-state index in [4.69, 9.17) is 0 Å². The largest absolute Gasteiger partial charge is 0.385 e. The van der Waals surface area contributed by atoms with Gasteiger partial charge in [-0.1, -0.05) is 18.2 Å². The molecule has 2 aromatic rings. The molecule has 2 atom stereocenters. The minimum atomic E-state index is -0.561. The molecular formula is C15H16FN3O. The summed E-state index contributed by atoms with van der Waals surface area (Å²) in [6.07, 6.45) is 3.12. The maximum absolute atomic E-state index is 13.9. The van der Waals surface area contributed by atoms with Gasteiger partial charge in [-0.3, -0.25) is 0 Å². The van der Waals surface area contributed by atoms with Gasteiger partial charge >= 0.3 is 0 Å². The number of aromatic nitrogens is 3. The molecule has 0 spiro atoms. The van der Waals surface area contributed by atoms with Gasteiger partial charge < -0.3 is 5.11 Å². The van der Waals surface area contributed by atoms with Crippen molar-refractivity contribution in [1.82, 2.24) is 14.8 Å². The van der Waals surface area contributed by atoms with Crippen LogP contribution < -0.4 is 0 Å². The highest BCUT2D eigenvalue weighted by Crippen LogP contribution is 2.41. The van der Waals surface area contributed by atoms with Crippen LogP contribution in [0.5, 0.6) is 0 Å². The number of fused-ring (bicyclic) bond motifs is 1. The number of aliphatic hydroxyl groups is 1. The van der Waals surface area contributed by atoms with Crippen LogP contribution in [0.25, 0.3) is 0 Å². The molecule has 0 saturated heterocycles. The number of hydrogen-bond donors (Lipinski definition) is 1. The van der Waals surface area contributed by atoms with E-state index in [9.17, 15) is 9.50 Å². The predicted octanol–water partition coefficient (Wildman–Crippen LogP) is 2.40. The molecule has 0 bridgehead atoms. The van der Waals surface area contributed by atoms with Crippen molar-refractivity contribution in [2.75, 3.05) is 0 Å². The van der Waals surface area contributed by atoms with Crippen molar-refractivity contribution in [3.05, 3.63) is 47.3 Å². The number of aliphatic hydroxyl groups excluding tert-OH is 1. The topological polar surface area (TPSA) is 50.9 Å². The van der Waals surface area contributed by atoms with Crippen molar-refractivity contribution >= 4 is 0 Å². The first-order valence-electron chi connectivity index (χ1n) is 7.12. The fraction of sp³-hybridized carbons (Fsp3) is 0.467. The van der Waals surface area contributed by atoms with E-state index in [-0.39, 0.29) is 11.9 Å². The van der Waals surface area contributed by atoms with Crippen LogP contribution in [0.3, 0.4) is 0 Å². The smallest absolute Gasteiger partial charge is 0.179 e. The summed E-state index contributed by atoms with van der Waals surface area (Å²) < 4.78 is 15.7. The van der Waals surface area contributed by atoms with Gasteiger partial charge in [0.25, 0.3) is 0 Å². The molecule has 1 aliphatic heterocycles. The monoisotopic (exact) mass is 273 g/mol. The highest BCUT2D eigenvalue weighted by Gasteiger charge is 2.36. The van der Waals surface area contributed by atoms with Crippen molar-refractivity contribution in [2.45, 2.75) is 37.8 Å². The Kier molecular flexibility index (Phi) is 2.63. The second-order valence-electron chi connectivity index (χ2n) is 5.69. The van der Waals surface area contributed by atoms with Gasteiger partial charge in [0.1, 0.15) is 17.7 Å². The summed E-state index contributed by atoms with van der Waals surface area (Å²) in [5.41, 5.74) is 0.656. The molecule has 1 aromatic carbocycles. The molecule has 1 fully saturated rings. The third-order valence-corrected chi connectivity index (χ3v) is 4.25. The summed E-state index contributed by atoms with van der Waals surface area (Å²) >= 11 is 0. The second-order valence-corrected chi connectivity index (χ2v) is 5.69. The van der Waals surface area contributed by atoms with Crippen LogP contribution >= 0.6 is 0 Å². The van der Waals surface area contributed by atoms with Crippen LogP contribution in [0, 0.1) is 11.7 Å². The third-order valence-electron chi connectivity index (χ3n) is 4.25. The van der Waals surface area contributed by atoms with Gasteiger partial charge in [-0.15, -0.1) is 0 Å². The van der Waals surface area contributed by atoms with Crippen LogP contribution in [0.1, 0.15) is 48.6 Å². The van der Waals surface area contributed by atoms with Crippen molar-refractivity contribution in [1.29, 1.82) is 0 Å². The van der Waals surface area contributed by atoms with Gasteiger partial charge in [-0.2, -0.15) is 5.10 Å². The molecule has 2 aliphatic rings. The van der Waals surface area contributed by atoms with Crippen molar-refractivity contribution in [2.24, 2.45) is 5.92 Å². The Labute approximate surface area is 116 Å². The molecule has 104 valence electrons. The van der Waals surface area contributed by atoms with E-state index in [2.05, 4.69) is 10.1 Å². The van der Waals surface area contributed by atoms with Crippen LogP contribution in [0.15, 0.2) is 24.3 Å². The van der Waals surface area contributed by atoms with Crippen LogP contribution in [-0.4, -0.2) is 19.9 Å². The Morgan fingerprint density at radius 2 is 2.05 bits per heavy atom. The van der Waals surface area contributed by atoms with E-state index in [1.807, 2.05) is 6.07 Å². The van der Waals surface area contributed by atoms with E-state index in [0.29, 0.717) is 17.3 Å². The van der Waals surface area contributed by atoms with E-state index >= 15 is 0 Å². The third kappa shape index (κ3) is 1.85. The molecule has 4 rings (SSSR count). The van der Waals surface area contributed by atoms with Gasteiger partial charge in [0.15, 0.2) is 5.82 Å². The summed E-state index contributed by atoms with van der Waals surface area (Å²) in [6.45, 7) is 0. The van der Waals surface area contributed by atoms with Gasteiger partial charge in [0.2, 0.25) is 0 Å². The standard InChI is InChI=1S/C15H16FN3O/c16-11-4-2-1-3-10(11)12-7-8-13-17-15(18-19(12)13)14(20)9-5-6-9/h1-4,9,12,14,20H,5-8H2/t12-,14?/m0/s1. The molecule has 1 saturated carbocycles. The van der Waals surface area contributed by atoms with Crippen molar-refractivity contribution in [3.63, 3.8) is 0 Å². The normalized spacial score (nSPS) is 22.8. The van der Waals surface area contributed by atoms with Gasteiger partial charge in [-0.25, -0.2) is 14.1 Å². The molecule has 1 aliphatic carbocycles. The summed E-state index contributed by atoms with van der Waals surface area (Å²) in [5, 5.41) is 14.6. The van der Waals surface area contributed by atoms with Crippen LogP contribution in [-0.2, 0) is 6.42 Å². The maximum atomic E-state index is 13.9. The minimum absolute atomic E-state index is 0.0983. The maximum Gasteiger partial charge on any atom is 0.179 e. The lowest BCUT2D eigenvalue weighted by Gasteiger charge is -2.13. The van der Waals surface area contributed by atoms with Crippen molar-refractivity contribution < 1.29 is 9.50 Å². The number of rotatable bonds is 3. The lowest BCUT2D eigenvalue weighted by Crippen LogP contribution is -2.11. The zero-order valence-corrected chi connectivity index (χ0v) is 11.0. The van der Waals surface area contributed by atoms with E-state index in [1.165, 1.54) is 6.07 Å². The molecule has 2 heterocycles.